The number of hydrogen-bond acceptors (Lipinski definition) is 4. The second-order valence-electron chi connectivity index (χ2n) is 3.84. The SMILES string of the molecule is C=C(C)C(=O)OC(C)(N)C(C)(C)O. The van der Waals surface area contributed by atoms with Gasteiger partial charge in [0, 0.05) is 5.57 Å². The van der Waals surface area contributed by atoms with Crippen molar-refractivity contribution in [1.29, 1.82) is 0 Å². The van der Waals surface area contributed by atoms with Gasteiger partial charge in [0.25, 0.3) is 0 Å². The number of rotatable bonds is 3. The molecule has 0 radical (unpaired) electrons. The van der Waals surface area contributed by atoms with Gasteiger partial charge >= 0.3 is 5.97 Å². The highest BCUT2D eigenvalue weighted by atomic mass is 16.6. The van der Waals surface area contributed by atoms with Crippen LogP contribution >= 0.6 is 0 Å². The Bertz CT molecular complexity index is 226. The third-order valence-corrected chi connectivity index (χ3v) is 1.87. The first-order chi connectivity index (χ1) is 5.58. The van der Waals surface area contributed by atoms with Gasteiger partial charge in [0.05, 0.1) is 0 Å². The van der Waals surface area contributed by atoms with E-state index in [2.05, 4.69) is 6.58 Å². The predicted molar refractivity (Wildman–Crippen MR) is 49.8 cm³/mol. The molecule has 0 aliphatic heterocycles. The summed E-state index contributed by atoms with van der Waals surface area (Å²) in [5, 5.41) is 9.54. The van der Waals surface area contributed by atoms with Crippen molar-refractivity contribution < 1.29 is 14.6 Å². The maximum atomic E-state index is 11.1. The minimum Gasteiger partial charge on any atom is -0.438 e. The first-order valence-corrected chi connectivity index (χ1v) is 3.98. The van der Waals surface area contributed by atoms with E-state index in [4.69, 9.17) is 10.5 Å². The largest absolute Gasteiger partial charge is 0.438 e. The van der Waals surface area contributed by atoms with E-state index in [1.807, 2.05) is 0 Å². The van der Waals surface area contributed by atoms with Crippen LogP contribution in [-0.4, -0.2) is 22.4 Å². The van der Waals surface area contributed by atoms with Gasteiger partial charge < -0.3 is 9.84 Å². The summed E-state index contributed by atoms with van der Waals surface area (Å²) >= 11 is 0. The van der Waals surface area contributed by atoms with Crippen molar-refractivity contribution in [2.45, 2.75) is 39.0 Å². The van der Waals surface area contributed by atoms with Crippen LogP contribution in [0.25, 0.3) is 0 Å². The van der Waals surface area contributed by atoms with E-state index in [9.17, 15) is 9.90 Å². The van der Waals surface area contributed by atoms with Gasteiger partial charge in [0.1, 0.15) is 5.60 Å². The maximum Gasteiger partial charge on any atom is 0.334 e. The summed E-state index contributed by atoms with van der Waals surface area (Å²) in [6, 6.07) is 0. The quantitative estimate of drug-likeness (QED) is 0.384. The molecule has 0 saturated heterocycles. The van der Waals surface area contributed by atoms with Crippen molar-refractivity contribution in [2.24, 2.45) is 5.73 Å². The zero-order valence-electron chi connectivity index (χ0n) is 8.55. The van der Waals surface area contributed by atoms with E-state index < -0.39 is 17.3 Å². The van der Waals surface area contributed by atoms with Crippen LogP contribution in [0, 0.1) is 0 Å². The normalized spacial score (nSPS) is 16.2. The molecule has 0 aliphatic rings. The van der Waals surface area contributed by atoms with Crippen LogP contribution in [0.4, 0.5) is 0 Å². The number of carbonyl (C=O) groups excluding carboxylic acids is 1. The summed E-state index contributed by atoms with van der Waals surface area (Å²) in [5.74, 6) is -0.605. The van der Waals surface area contributed by atoms with Gasteiger partial charge in [-0.3, -0.25) is 5.73 Å². The highest BCUT2D eigenvalue weighted by Crippen LogP contribution is 2.20. The average Bonchev–Trinajstić information content (AvgIpc) is 1.83. The lowest BCUT2D eigenvalue weighted by molar-refractivity contribution is -0.179. The van der Waals surface area contributed by atoms with Crippen LogP contribution in [0.5, 0.6) is 0 Å². The zero-order valence-corrected chi connectivity index (χ0v) is 8.55. The van der Waals surface area contributed by atoms with E-state index in [1.165, 1.54) is 27.7 Å². The summed E-state index contributed by atoms with van der Waals surface area (Å²) < 4.78 is 4.85. The van der Waals surface area contributed by atoms with Crippen molar-refractivity contribution in [1.82, 2.24) is 0 Å². The monoisotopic (exact) mass is 187 g/mol. The smallest absolute Gasteiger partial charge is 0.334 e. The standard InChI is InChI=1S/C9H17NO3/c1-6(2)7(11)13-9(5,10)8(3,4)12/h12H,1,10H2,2-5H3. The first kappa shape index (κ1) is 12.1. The molecule has 3 N–H and O–H groups in total. The second kappa shape index (κ2) is 3.47. The lowest BCUT2D eigenvalue weighted by atomic mass is 9.97. The Morgan fingerprint density at radius 3 is 2.08 bits per heavy atom. The predicted octanol–water partition coefficient (Wildman–Crippen LogP) is 0.552. The molecule has 4 heteroatoms. The highest BCUT2D eigenvalue weighted by Gasteiger charge is 2.39. The summed E-state index contributed by atoms with van der Waals surface area (Å²) in [6.45, 7) is 9.31. The molecule has 0 rings (SSSR count). The molecule has 0 amide bonds. The molecule has 0 aromatic carbocycles. The molecule has 0 bridgehead atoms. The second-order valence-corrected chi connectivity index (χ2v) is 3.84. The van der Waals surface area contributed by atoms with Crippen molar-refractivity contribution in [2.75, 3.05) is 0 Å². The van der Waals surface area contributed by atoms with E-state index in [0.29, 0.717) is 0 Å². The van der Waals surface area contributed by atoms with Crippen molar-refractivity contribution in [3.05, 3.63) is 12.2 Å². The Morgan fingerprint density at radius 1 is 1.46 bits per heavy atom. The molecule has 13 heavy (non-hydrogen) atoms. The number of ether oxygens (including phenoxy) is 1. The Kier molecular flexibility index (Phi) is 3.24. The van der Waals surface area contributed by atoms with E-state index in [-0.39, 0.29) is 5.57 Å². The molecular formula is C9H17NO3. The number of nitrogens with two attached hydrogens (primary N) is 1. The van der Waals surface area contributed by atoms with Crippen LogP contribution in [0.15, 0.2) is 12.2 Å². The molecule has 0 heterocycles. The number of carbonyl (C=O) groups is 1. The molecule has 0 aromatic rings. The third kappa shape index (κ3) is 3.16. The molecule has 76 valence electrons. The van der Waals surface area contributed by atoms with Crippen molar-refractivity contribution in [3.63, 3.8) is 0 Å². The molecule has 1 atom stereocenters. The van der Waals surface area contributed by atoms with Crippen LogP contribution in [0.1, 0.15) is 27.7 Å². The average molecular weight is 187 g/mol. The van der Waals surface area contributed by atoms with Gasteiger partial charge in [-0.2, -0.15) is 0 Å². The molecule has 0 spiro atoms. The molecule has 0 saturated carbocycles. The summed E-state index contributed by atoms with van der Waals surface area (Å²) in [4.78, 5) is 11.1. The van der Waals surface area contributed by atoms with E-state index in [1.54, 1.807) is 0 Å². The van der Waals surface area contributed by atoms with Crippen molar-refractivity contribution in [3.8, 4) is 0 Å². The molecule has 0 aliphatic carbocycles. The number of hydrogen-bond donors (Lipinski definition) is 2. The van der Waals surface area contributed by atoms with Crippen LogP contribution in [-0.2, 0) is 9.53 Å². The number of esters is 1. The first-order valence-electron chi connectivity index (χ1n) is 3.98. The molecular weight excluding hydrogens is 170 g/mol. The molecule has 0 aromatic heterocycles. The molecule has 4 nitrogen and oxygen atoms in total. The Labute approximate surface area is 78.4 Å². The van der Waals surface area contributed by atoms with Crippen LogP contribution < -0.4 is 5.73 Å². The lowest BCUT2D eigenvalue weighted by Gasteiger charge is -2.35. The van der Waals surface area contributed by atoms with Gasteiger partial charge in [0.15, 0.2) is 5.72 Å². The molecule has 0 fully saturated rings. The van der Waals surface area contributed by atoms with Gasteiger partial charge in [-0.1, -0.05) is 6.58 Å². The van der Waals surface area contributed by atoms with E-state index >= 15 is 0 Å². The fraction of sp³-hybridized carbons (Fsp3) is 0.667. The van der Waals surface area contributed by atoms with Crippen molar-refractivity contribution >= 4 is 5.97 Å². The molecule has 1 unspecified atom stereocenters. The van der Waals surface area contributed by atoms with E-state index in [0.717, 1.165) is 0 Å². The van der Waals surface area contributed by atoms with Crippen LogP contribution in [0.2, 0.25) is 0 Å². The fourth-order valence-electron chi connectivity index (χ4n) is 0.405. The Balaban J connectivity index is 4.53. The lowest BCUT2D eigenvalue weighted by Crippen LogP contribution is -2.58. The summed E-state index contributed by atoms with van der Waals surface area (Å²) in [7, 11) is 0. The van der Waals surface area contributed by atoms with Gasteiger partial charge in [-0.05, 0) is 27.7 Å². The van der Waals surface area contributed by atoms with Gasteiger partial charge in [-0.25, -0.2) is 4.79 Å². The number of aliphatic hydroxyl groups is 1. The summed E-state index contributed by atoms with van der Waals surface area (Å²) in [6.07, 6.45) is 0. The summed E-state index contributed by atoms with van der Waals surface area (Å²) in [5.41, 5.74) is 3.14. The zero-order chi connectivity index (χ0) is 10.9. The van der Waals surface area contributed by atoms with Crippen LogP contribution in [0.3, 0.4) is 0 Å². The fourth-order valence-corrected chi connectivity index (χ4v) is 0.405. The maximum absolute atomic E-state index is 11.1. The minimum atomic E-state index is -1.41. The third-order valence-electron chi connectivity index (χ3n) is 1.87. The van der Waals surface area contributed by atoms with Gasteiger partial charge in [-0.15, -0.1) is 0 Å². The highest BCUT2D eigenvalue weighted by molar-refractivity contribution is 5.87. The minimum absolute atomic E-state index is 0.251. The Hall–Kier alpha value is -0.870. The Morgan fingerprint density at radius 2 is 1.85 bits per heavy atom. The van der Waals surface area contributed by atoms with Gasteiger partial charge in [0.2, 0.25) is 0 Å². The topological polar surface area (TPSA) is 72.5 Å².